The van der Waals surface area contributed by atoms with E-state index in [1.54, 1.807) is 11.7 Å². The van der Waals surface area contributed by atoms with Gasteiger partial charge in [0.1, 0.15) is 0 Å². The van der Waals surface area contributed by atoms with Gasteiger partial charge in [-0.1, -0.05) is 0 Å². The van der Waals surface area contributed by atoms with Gasteiger partial charge in [-0.25, -0.2) is 8.42 Å². The molecule has 7 heteroatoms. The molecular formula is C8H13ClN2O2S2. The fraction of sp³-hybridized carbons (Fsp3) is 0.625. The van der Waals surface area contributed by atoms with Gasteiger partial charge >= 0.3 is 0 Å². The zero-order chi connectivity index (χ0) is 10.0. The van der Waals surface area contributed by atoms with Crippen molar-refractivity contribution in [1.82, 2.24) is 10.3 Å². The van der Waals surface area contributed by atoms with Crippen LogP contribution in [0.5, 0.6) is 0 Å². The summed E-state index contributed by atoms with van der Waals surface area (Å²) in [5, 5.41) is 2.86. The van der Waals surface area contributed by atoms with Gasteiger partial charge in [0.15, 0.2) is 9.84 Å². The first-order chi connectivity index (χ1) is 6.68. The van der Waals surface area contributed by atoms with E-state index < -0.39 is 9.84 Å². The van der Waals surface area contributed by atoms with Crippen LogP contribution in [0.4, 0.5) is 0 Å². The minimum Gasteiger partial charge on any atom is -0.315 e. The molecule has 86 valence electrons. The molecule has 0 spiro atoms. The first-order valence-corrected chi connectivity index (χ1v) is 7.07. The van der Waals surface area contributed by atoms with E-state index in [0.29, 0.717) is 6.54 Å². The lowest BCUT2D eigenvalue weighted by Gasteiger charge is -2.08. The van der Waals surface area contributed by atoms with Crippen LogP contribution in [0.1, 0.15) is 11.3 Å². The minimum atomic E-state index is -2.98. The molecule has 0 bridgehead atoms. The summed E-state index contributed by atoms with van der Waals surface area (Å²) in [5.41, 5.74) is 1.66. The van der Waals surface area contributed by atoms with E-state index in [2.05, 4.69) is 10.3 Å². The second-order valence-corrected chi connectivity index (χ2v) is 6.64. The molecule has 1 aromatic heterocycles. The molecule has 0 aromatic carbocycles. The molecule has 0 amide bonds. The van der Waals surface area contributed by atoms with Gasteiger partial charge in [-0.05, 0) is 13.0 Å². The smallest absolute Gasteiger partial charge is 0.159 e. The predicted molar refractivity (Wildman–Crippen MR) is 63.3 cm³/mol. The average molecular weight is 269 g/mol. The van der Waals surface area contributed by atoms with E-state index in [1.807, 2.05) is 0 Å². The van der Waals surface area contributed by atoms with E-state index in [9.17, 15) is 8.42 Å². The lowest BCUT2D eigenvalue weighted by Crippen LogP contribution is -2.24. The van der Waals surface area contributed by atoms with E-state index >= 15 is 0 Å². The average Bonchev–Trinajstić information content (AvgIpc) is 2.71. The lowest BCUT2D eigenvalue weighted by atomic mass is 10.4. The second kappa shape index (κ2) is 5.25. The van der Waals surface area contributed by atoms with Crippen LogP contribution >= 0.6 is 23.7 Å². The van der Waals surface area contributed by atoms with Crippen molar-refractivity contribution in [3.63, 3.8) is 0 Å². The van der Waals surface area contributed by atoms with Crippen LogP contribution in [0.2, 0.25) is 0 Å². The molecule has 1 fully saturated rings. The molecular weight excluding hydrogens is 256 g/mol. The molecule has 0 saturated carbocycles. The van der Waals surface area contributed by atoms with Crippen molar-refractivity contribution in [3.05, 3.63) is 16.6 Å². The number of aromatic nitrogens is 1. The molecule has 4 nitrogen and oxygen atoms in total. The lowest BCUT2D eigenvalue weighted by molar-refractivity contribution is 0.582. The topological polar surface area (TPSA) is 59.1 Å². The third-order valence-electron chi connectivity index (χ3n) is 2.35. The van der Waals surface area contributed by atoms with Crippen molar-refractivity contribution >= 4 is 33.6 Å². The summed E-state index contributed by atoms with van der Waals surface area (Å²) >= 11 is 1.40. The Kier molecular flexibility index (Phi) is 4.51. The molecule has 1 aliphatic heterocycles. The van der Waals surface area contributed by atoms with E-state index in [4.69, 9.17) is 0 Å². The molecule has 0 aliphatic carbocycles. The molecule has 1 aromatic rings. The zero-order valence-electron chi connectivity index (χ0n) is 8.05. The maximum atomic E-state index is 11.8. The Morgan fingerprint density at radius 2 is 2.40 bits per heavy atom. The van der Waals surface area contributed by atoms with Gasteiger partial charge in [-0.2, -0.15) is 0 Å². The Morgan fingerprint density at radius 3 is 2.93 bits per heavy atom. The number of sulfone groups is 1. The van der Waals surface area contributed by atoms with Crippen molar-refractivity contribution in [2.45, 2.75) is 17.4 Å². The normalized spacial score (nSPS) is 21.2. The second-order valence-electron chi connectivity index (χ2n) is 3.39. The molecule has 1 unspecified atom stereocenters. The monoisotopic (exact) mass is 268 g/mol. The third kappa shape index (κ3) is 3.14. The Hall–Kier alpha value is -0.170. The highest BCUT2D eigenvalue weighted by Crippen LogP contribution is 2.17. The predicted octanol–water partition coefficient (Wildman–Crippen LogP) is 0.842. The fourth-order valence-corrected chi connectivity index (χ4v) is 4.26. The number of hydrogen-bond acceptors (Lipinski definition) is 5. The largest absolute Gasteiger partial charge is 0.315 e. The highest BCUT2D eigenvalue weighted by atomic mass is 35.5. The first kappa shape index (κ1) is 12.9. The summed E-state index contributed by atoms with van der Waals surface area (Å²) in [6.45, 7) is 1.41. The van der Waals surface area contributed by atoms with Crippen LogP contribution < -0.4 is 5.32 Å². The van der Waals surface area contributed by atoms with Gasteiger partial charge in [0.25, 0.3) is 0 Å². The van der Waals surface area contributed by atoms with Crippen molar-refractivity contribution in [2.24, 2.45) is 0 Å². The molecule has 1 aliphatic rings. The van der Waals surface area contributed by atoms with Gasteiger partial charge in [0, 0.05) is 17.6 Å². The van der Waals surface area contributed by atoms with Crippen LogP contribution in [-0.2, 0) is 15.6 Å². The third-order valence-corrected chi connectivity index (χ3v) is 5.44. The van der Waals surface area contributed by atoms with Crippen molar-refractivity contribution in [2.75, 3.05) is 13.1 Å². The quantitative estimate of drug-likeness (QED) is 0.883. The maximum Gasteiger partial charge on any atom is 0.159 e. The van der Waals surface area contributed by atoms with Gasteiger partial charge in [0.2, 0.25) is 0 Å². The molecule has 2 rings (SSSR count). The molecule has 1 N–H and O–H groups in total. The summed E-state index contributed by atoms with van der Waals surface area (Å²) < 4.78 is 23.7. The number of nitrogens with zero attached hydrogens (tertiary/aromatic N) is 1. The van der Waals surface area contributed by atoms with Gasteiger partial charge in [-0.3, -0.25) is 4.98 Å². The summed E-state index contributed by atoms with van der Waals surface area (Å²) in [7, 11) is -2.98. The Morgan fingerprint density at radius 1 is 1.60 bits per heavy atom. The Balaban J connectivity index is 0.00000112. The summed E-state index contributed by atoms with van der Waals surface area (Å²) in [6, 6.07) is 0. The van der Waals surface area contributed by atoms with Crippen LogP contribution in [0, 0.1) is 0 Å². The number of rotatable bonds is 3. The van der Waals surface area contributed by atoms with Crippen molar-refractivity contribution in [3.8, 4) is 0 Å². The van der Waals surface area contributed by atoms with Crippen LogP contribution in [-0.4, -0.2) is 31.7 Å². The highest BCUT2D eigenvalue weighted by Gasteiger charge is 2.28. The maximum absolute atomic E-state index is 11.8. The van der Waals surface area contributed by atoms with Crippen molar-refractivity contribution in [1.29, 1.82) is 0 Å². The number of hydrogen-bond donors (Lipinski definition) is 1. The number of nitrogens with one attached hydrogen (secondary N) is 1. The molecule has 15 heavy (non-hydrogen) atoms. The van der Waals surface area contributed by atoms with Crippen LogP contribution in [0.15, 0.2) is 11.7 Å². The first-order valence-electron chi connectivity index (χ1n) is 4.48. The molecule has 1 saturated heterocycles. The van der Waals surface area contributed by atoms with Crippen molar-refractivity contribution < 1.29 is 8.42 Å². The minimum absolute atomic E-state index is 0. The van der Waals surface area contributed by atoms with E-state index in [0.717, 1.165) is 17.8 Å². The fourth-order valence-electron chi connectivity index (χ4n) is 1.56. The number of thiazole rings is 1. The molecule has 2 heterocycles. The number of halogens is 1. The Bertz CT molecular complexity index is 385. The van der Waals surface area contributed by atoms with Crippen LogP contribution in [0.3, 0.4) is 0 Å². The van der Waals surface area contributed by atoms with E-state index in [-0.39, 0.29) is 23.4 Å². The van der Waals surface area contributed by atoms with E-state index in [1.165, 1.54) is 11.3 Å². The molecule has 1 atom stereocenters. The van der Waals surface area contributed by atoms with Gasteiger partial charge in [-0.15, -0.1) is 23.7 Å². The Labute approximate surface area is 99.4 Å². The summed E-state index contributed by atoms with van der Waals surface area (Å²) in [6.07, 6.45) is 2.37. The summed E-state index contributed by atoms with van der Waals surface area (Å²) in [4.78, 5) is 4.70. The molecule has 0 radical (unpaired) electrons. The van der Waals surface area contributed by atoms with Gasteiger partial charge in [0.05, 0.1) is 16.5 Å². The van der Waals surface area contributed by atoms with Gasteiger partial charge < -0.3 is 5.32 Å². The zero-order valence-corrected chi connectivity index (χ0v) is 10.5. The highest BCUT2D eigenvalue weighted by molar-refractivity contribution is 7.91. The standard InChI is InChI=1S/C8H12N2O2S2.ClH/c11-14(12,8-1-2-9-4-8)5-7-3-10-6-13-7;/h3,6,8-9H,1-2,4-5H2;1H. The van der Waals surface area contributed by atoms with Crippen LogP contribution in [0.25, 0.3) is 0 Å². The summed E-state index contributed by atoms with van der Waals surface area (Å²) in [5.74, 6) is 0.143. The SMILES string of the molecule is Cl.O=S(=O)(Cc1cncs1)C1CCNC1.